The zero-order valence-corrected chi connectivity index (χ0v) is 9.41. The van der Waals surface area contributed by atoms with Gasteiger partial charge in [0.2, 0.25) is 5.78 Å². The van der Waals surface area contributed by atoms with Crippen LogP contribution >= 0.6 is 0 Å². The summed E-state index contributed by atoms with van der Waals surface area (Å²) in [4.78, 5) is 7.85. The lowest BCUT2D eigenvalue weighted by molar-refractivity contribution is 0.797. The van der Waals surface area contributed by atoms with Crippen molar-refractivity contribution < 1.29 is 0 Å². The first-order valence-corrected chi connectivity index (χ1v) is 5.39. The first-order chi connectivity index (χ1) is 7.78. The predicted molar refractivity (Wildman–Crippen MR) is 64.5 cm³/mol. The molecule has 0 bridgehead atoms. The molecule has 0 radical (unpaired) electrons. The summed E-state index contributed by atoms with van der Waals surface area (Å²) in [5.41, 5.74) is 4.58. The molecule has 2 N–H and O–H groups in total. The molecular formula is C12H14N4. The average molecular weight is 214 g/mol. The van der Waals surface area contributed by atoms with Gasteiger partial charge in [-0.15, -0.1) is 0 Å². The second-order valence-electron chi connectivity index (χ2n) is 4.11. The van der Waals surface area contributed by atoms with E-state index in [9.17, 15) is 0 Å². The number of fused-ring (bicyclic) bond motifs is 3. The van der Waals surface area contributed by atoms with Gasteiger partial charge in [-0.05, 0) is 31.7 Å². The molecule has 0 aliphatic heterocycles. The quantitative estimate of drug-likeness (QED) is 0.683. The van der Waals surface area contributed by atoms with Crippen LogP contribution in [0.5, 0.6) is 0 Å². The molecule has 1 aromatic carbocycles. The van der Waals surface area contributed by atoms with Crippen molar-refractivity contribution in [1.29, 1.82) is 0 Å². The predicted octanol–water partition coefficient (Wildman–Crippen LogP) is 1.84. The normalized spacial score (nSPS) is 11.6. The minimum absolute atomic E-state index is 0.830. The summed E-state index contributed by atoms with van der Waals surface area (Å²) >= 11 is 0. The van der Waals surface area contributed by atoms with Crippen LogP contribution in [0.3, 0.4) is 0 Å². The van der Waals surface area contributed by atoms with E-state index in [1.807, 2.05) is 7.05 Å². The third-order valence-electron chi connectivity index (χ3n) is 2.77. The van der Waals surface area contributed by atoms with Crippen molar-refractivity contribution in [3.8, 4) is 0 Å². The van der Waals surface area contributed by atoms with E-state index >= 15 is 0 Å². The highest BCUT2D eigenvalue weighted by Crippen LogP contribution is 2.18. The SMILES string of the molecule is CNCc1cn2c(nc3cc(C)ccc32)[nH]1. The highest BCUT2D eigenvalue weighted by atomic mass is 15.1. The summed E-state index contributed by atoms with van der Waals surface area (Å²) < 4.78 is 2.10. The zero-order chi connectivity index (χ0) is 11.1. The van der Waals surface area contributed by atoms with Gasteiger partial charge in [-0.1, -0.05) is 6.07 Å². The maximum Gasteiger partial charge on any atom is 0.212 e. The molecule has 0 saturated carbocycles. The van der Waals surface area contributed by atoms with Crippen LogP contribution in [0, 0.1) is 6.92 Å². The maximum atomic E-state index is 4.56. The van der Waals surface area contributed by atoms with E-state index in [1.54, 1.807) is 0 Å². The number of H-pyrrole nitrogens is 1. The van der Waals surface area contributed by atoms with E-state index < -0.39 is 0 Å². The number of rotatable bonds is 2. The Morgan fingerprint density at radius 2 is 2.31 bits per heavy atom. The van der Waals surface area contributed by atoms with E-state index in [0.717, 1.165) is 29.0 Å². The van der Waals surface area contributed by atoms with Crippen LogP contribution < -0.4 is 5.32 Å². The first-order valence-electron chi connectivity index (χ1n) is 5.39. The molecule has 4 heteroatoms. The van der Waals surface area contributed by atoms with Gasteiger partial charge in [-0.2, -0.15) is 0 Å². The molecule has 3 rings (SSSR count). The lowest BCUT2D eigenvalue weighted by Gasteiger charge is -1.94. The standard InChI is InChI=1S/C12H14N4/c1-8-3-4-11-10(5-8)15-12-14-9(6-13-2)7-16(11)12/h3-5,7,13H,6H2,1-2H3,(H,14,15). The number of nitrogens with zero attached hydrogens (tertiary/aromatic N) is 2. The van der Waals surface area contributed by atoms with Crippen molar-refractivity contribution in [2.75, 3.05) is 7.05 Å². The number of nitrogens with one attached hydrogen (secondary N) is 2. The molecule has 0 fully saturated rings. The van der Waals surface area contributed by atoms with Crippen molar-refractivity contribution in [2.45, 2.75) is 13.5 Å². The van der Waals surface area contributed by atoms with Crippen LogP contribution in [0.15, 0.2) is 24.4 Å². The molecular weight excluding hydrogens is 200 g/mol. The van der Waals surface area contributed by atoms with Crippen LogP contribution in [0.2, 0.25) is 0 Å². The molecule has 0 saturated heterocycles. The smallest absolute Gasteiger partial charge is 0.212 e. The van der Waals surface area contributed by atoms with Crippen LogP contribution in [-0.4, -0.2) is 21.4 Å². The minimum atomic E-state index is 0.830. The molecule has 2 aromatic heterocycles. The van der Waals surface area contributed by atoms with E-state index in [1.165, 1.54) is 5.56 Å². The third kappa shape index (κ3) is 1.31. The lowest BCUT2D eigenvalue weighted by Crippen LogP contribution is -2.04. The van der Waals surface area contributed by atoms with E-state index in [2.05, 4.69) is 51.0 Å². The Hall–Kier alpha value is -1.81. The lowest BCUT2D eigenvalue weighted by atomic mass is 10.2. The number of aryl methyl sites for hydroxylation is 1. The van der Waals surface area contributed by atoms with Gasteiger partial charge in [-0.25, -0.2) is 4.98 Å². The molecule has 0 spiro atoms. The van der Waals surface area contributed by atoms with Gasteiger partial charge in [0.25, 0.3) is 0 Å². The molecule has 0 unspecified atom stereocenters. The molecule has 0 amide bonds. The molecule has 3 aromatic rings. The number of aromatic amines is 1. The number of aromatic nitrogens is 3. The van der Waals surface area contributed by atoms with Crippen molar-refractivity contribution in [3.05, 3.63) is 35.7 Å². The second-order valence-corrected chi connectivity index (χ2v) is 4.11. The Morgan fingerprint density at radius 3 is 3.12 bits per heavy atom. The Bertz CT molecular complexity index is 647. The van der Waals surface area contributed by atoms with Gasteiger partial charge < -0.3 is 10.3 Å². The first kappa shape index (κ1) is 9.42. The Kier molecular flexibility index (Phi) is 1.97. The fourth-order valence-electron chi connectivity index (χ4n) is 2.04. The van der Waals surface area contributed by atoms with Crippen LogP contribution in [0.4, 0.5) is 0 Å². The maximum absolute atomic E-state index is 4.56. The number of benzene rings is 1. The summed E-state index contributed by atoms with van der Waals surface area (Å²) in [7, 11) is 1.94. The van der Waals surface area contributed by atoms with Gasteiger partial charge in [0, 0.05) is 18.4 Å². The molecule has 0 aliphatic rings. The van der Waals surface area contributed by atoms with Gasteiger partial charge in [0.15, 0.2) is 0 Å². The summed E-state index contributed by atoms with van der Waals surface area (Å²) in [6, 6.07) is 6.33. The van der Waals surface area contributed by atoms with E-state index in [-0.39, 0.29) is 0 Å². The molecule has 4 nitrogen and oxygen atoms in total. The fraction of sp³-hybridized carbons (Fsp3) is 0.250. The highest BCUT2D eigenvalue weighted by molar-refractivity contribution is 5.80. The number of imidazole rings is 2. The fourth-order valence-corrected chi connectivity index (χ4v) is 2.04. The second kappa shape index (κ2) is 3.35. The van der Waals surface area contributed by atoms with Crippen LogP contribution in [0.25, 0.3) is 16.8 Å². The van der Waals surface area contributed by atoms with Gasteiger partial charge in [0.05, 0.1) is 11.0 Å². The third-order valence-corrected chi connectivity index (χ3v) is 2.77. The Labute approximate surface area is 93.3 Å². The van der Waals surface area contributed by atoms with E-state index in [0.29, 0.717) is 0 Å². The van der Waals surface area contributed by atoms with Crippen molar-refractivity contribution in [3.63, 3.8) is 0 Å². The summed E-state index contributed by atoms with van der Waals surface area (Å²) in [6.45, 7) is 2.91. The molecule has 0 aliphatic carbocycles. The van der Waals surface area contributed by atoms with Gasteiger partial charge >= 0.3 is 0 Å². The number of hydrogen-bond acceptors (Lipinski definition) is 2. The molecule has 82 valence electrons. The zero-order valence-electron chi connectivity index (χ0n) is 9.41. The minimum Gasteiger partial charge on any atom is -0.326 e. The molecule has 16 heavy (non-hydrogen) atoms. The van der Waals surface area contributed by atoms with Crippen molar-refractivity contribution in [1.82, 2.24) is 19.7 Å². The summed E-state index contributed by atoms with van der Waals surface area (Å²) in [5, 5.41) is 3.12. The topological polar surface area (TPSA) is 45.1 Å². The Balaban J connectivity index is 2.26. The van der Waals surface area contributed by atoms with Crippen molar-refractivity contribution in [2.24, 2.45) is 0 Å². The highest BCUT2D eigenvalue weighted by Gasteiger charge is 2.07. The summed E-state index contributed by atoms with van der Waals surface area (Å²) in [5.74, 6) is 0.908. The number of hydrogen-bond donors (Lipinski definition) is 2. The van der Waals surface area contributed by atoms with Gasteiger partial charge in [-0.3, -0.25) is 4.40 Å². The average Bonchev–Trinajstić information content (AvgIpc) is 2.74. The Morgan fingerprint density at radius 1 is 1.44 bits per heavy atom. The molecule has 0 atom stereocenters. The van der Waals surface area contributed by atoms with Gasteiger partial charge in [0.1, 0.15) is 0 Å². The van der Waals surface area contributed by atoms with Crippen molar-refractivity contribution >= 4 is 16.8 Å². The van der Waals surface area contributed by atoms with Crippen LogP contribution in [-0.2, 0) is 6.54 Å². The van der Waals surface area contributed by atoms with E-state index in [4.69, 9.17) is 0 Å². The molecule has 2 heterocycles. The van der Waals surface area contributed by atoms with Crippen LogP contribution in [0.1, 0.15) is 11.3 Å². The summed E-state index contributed by atoms with van der Waals surface area (Å²) in [6.07, 6.45) is 2.09. The largest absolute Gasteiger partial charge is 0.326 e. The monoisotopic (exact) mass is 214 g/mol.